The van der Waals surface area contributed by atoms with Gasteiger partial charge in [-0.05, 0) is 0 Å². The fourth-order valence-corrected chi connectivity index (χ4v) is 1.26. The van der Waals surface area contributed by atoms with Crippen LogP contribution in [0, 0.1) is 5.92 Å². The summed E-state index contributed by atoms with van der Waals surface area (Å²) in [4.78, 5) is 12.5. The first-order chi connectivity index (χ1) is 5.69. The van der Waals surface area contributed by atoms with Gasteiger partial charge < -0.3 is 15.0 Å². The predicted molar refractivity (Wildman–Crippen MR) is 41.4 cm³/mol. The molecule has 12 heavy (non-hydrogen) atoms. The third-order valence-corrected chi connectivity index (χ3v) is 2.00. The van der Waals surface area contributed by atoms with E-state index in [9.17, 15) is 9.18 Å². The van der Waals surface area contributed by atoms with Crippen LogP contribution in [-0.2, 0) is 4.74 Å². The zero-order chi connectivity index (χ0) is 9.14. The first-order valence-corrected chi connectivity index (χ1v) is 3.79. The molecular weight excluding hydrogens is 163 g/mol. The van der Waals surface area contributed by atoms with Gasteiger partial charge in [-0.1, -0.05) is 0 Å². The minimum Gasteiger partial charge on any atom is -0.361 e. The van der Waals surface area contributed by atoms with E-state index in [4.69, 9.17) is 4.74 Å². The van der Waals surface area contributed by atoms with Crippen LogP contribution in [0.1, 0.15) is 0 Å². The lowest BCUT2D eigenvalue weighted by molar-refractivity contribution is -0.00489. The Bertz CT molecular complexity index is 177. The maximum absolute atomic E-state index is 12.4. The molecule has 1 rings (SSSR count). The number of hydrogen-bond donors (Lipinski definition) is 1. The van der Waals surface area contributed by atoms with Crippen molar-refractivity contribution in [3.05, 3.63) is 0 Å². The van der Waals surface area contributed by atoms with Gasteiger partial charge in [0.1, 0.15) is 6.23 Å². The molecule has 1 aliphatic rings. The van der Waals surface area contributed by atoms with Crippen LogP contribution in [-0.4, -0.2) is 44.5 Å². The van der Waals surface area contributed by atoms with Crippen molar-refractivity contribution >= 4 is 6.03 Å². The number of alkyl halides is 1. The average Bonchev–Trinajstić information content (AvgIpc) is 2.09. The lowest BCUT2D eigenvalue weighted by Gasteiger charge is -2.34. The van der Waals surface area contributed by atoms with E-state index < -0.39 is 12.9 Å². The molecule has 1 N–H and O–H groups in total. The summed E-state index contributed by atoms with van der Waals surface area (Å²) in [6.45, 7) is -0.0794. The quantitative estimate of drug-likeness (QED) is 0.653. The standard InChI is InChI=1S/C7H13FN2O2/c1-10-4-5(3-8)6(12-2)9-7(10)11/h5-6H,3-4H2,1-2H3,(H,9,11). The second-order valence-corrected chi connectivity index (χ2v) is 2.90. The van der Waals surface area contributed by atoms with Crippen LogP contribution in [0.25, 0.3) is 0 Å². The second kappa shape index (κ2) is 3.71. The van der Waals surface area contributed by atoms with E-state index in [0.29, 0.717) is 6.54 Å². The number of hydrogen-bond acceptors (Lipinski definition) is 2. The van der Waals surface area contributed by atoms with Gasteiger partial charge in [-0.15, -0.1) is 0 Å². The fraction of sp³-hybridized carbons (Fsp3) is 0.857. The van der Waals surface area contributed by atoms with Gasteiger partial charge in [-0.25, -0.2) is 4.79 Å². The number of amides is 2. The minimum absolute atomic E-state index is 0.216. The van der Waals surface area contributed by atoms with Gasteiger partial charge in [0.05, 0.1) is 6.67 Å². The Balaban J connectivity index is 2.58. The summed E-state index contributed by atoms with van der Waals surface area (Å²) >= 11 is 0. The Kier molecular flexibility index (Phi) is 2.86. The highest BCUT2D eigenvalue weighted by molar-refractivity contribution is 5.74. The van der Waals surface area contributed by atoms with E-state index in [-0.39, 0.29) is 11.9 Å². The van der Waals surface area contributed by atoms with Gasteiger partial charge in [-0.3, -0.25) is 4.39 Å². The Labute approximate surface area is 70.7 Å². The third-order valence-electron chi connectivity index (χ3n) is 2.00. The van der Waals surface area contributed by atoms with Gasteiger partial charge in [-0.2, -0.15) is 0 Å². The molecule has 5 heteroatoms. The molecular formula is C7H13FN2O2. The maximum atomic E-state index is 12.4. The highest BCUT2D eigenvalue weighted by Crippen LogP contribution is 2.12. The van der Waals surface area contributed by atoms with E-state index in [1.54, 1.807) is 7.05 Å². The first kappa shape index (κ1) is 9.25. The predicted octanol–water partition coefficient (Wildman–Crippen LogP) is 0.200. The highest BCUT2D eigenvalue weighted by atomic mass is 19.1. The molecule has 0 aromatic carbocycles. The van der Waals surface area contributed by atoms with Crippen LogP contribution in [0.15, 0.2) is 0 Å². The van der Waals surface area contributed by atoms with E-state index in [0.717, 1.165) is 0 Å². The molecule has 2 unspecified atom stereocenters. The number of nitrogens with zero attached hydrogens (tertiary/aromatic N) is 1. The molecule has 1 aliphatic heterocycles. The summed E-state index contributed by atoms with van der Waals surface area (Å²) in [5.41, 5.74) is 0. The van der Waals surface area contributed by atoms with Crippen molar-refractivity contribution in [2.45, 2.75) is 6.23 Å². The molecule has 4 nitrogen and oxygen atoms in total. The van der Waals surface area contributed by atoms with Gasteiger partial charge in [0.2, 0.25) is 0 Å². The average molecular weight is 176 g/mol. The number of carbonyl (C=O) groups is 1. The molecule has 0 spiro atoms. The molecule has 1 fully saturated rings. The van der Waals surface area contributed by atoms with E-state index in [1.807, 2.05) is 0 Å². The smallest absolute Gasteiger partial charge is 0.319 e. The van der Waals surface area contributed by atoms with Crippen LogP contribution in [0.3, 0.4) is 0 Å². The molecule has 0 bridgehead atoms. The largest absolute Gasteiger partial charge is 0.361 e. The summed E-state index contributed by atoms with van der Waals surface area (Å²) in [6, 6.07) is -0.216. The Morgan fingerprint density at radius 2 is 2.50 bits per heavy atom. The number of methoxy groups -OCH3 is 1. The third kappa shape index (κ3) is 1.66. The van der Waals surface area contributed by atoms with Crippen molar-refractivity contribution in [2.75, 3.05) is 27.4 Å². The number of urea groups is 1. The summed E-state index contributed by atoms with van der Waals surface area (Å²) < 4.78 is 17.3. The van der Waals surface area contributed by atoms with Gasteiger partial charge >= 0.3 is 6.03 Å². The van der Waals surface area contributed by atoms with Crippen molar-refractivity contribution in [1.82, 2.24) is 10.2 Å². The van der Waals surface area contributed by atoms with Gasteiger partial charge in [0, 0.05) is 26.6 Å². The molecule has 1 saturated heterocycles. The van der Waals surface area contributed by atoms with E-state index in [2.05, 4.69) is 5.32 Å². The van der Waals surface area contributed by atoms with Crippen molar-refractivity contribution in [3.63, 3.8) is 0 Å². The first-order valence-electron chi connectivity index (χ1n) is 3.79. The molecule has 2 atom stereocenters. The Hall–Kier alpha value is -0.840. The number of nitrogens with one attached hydrogen (secondary N) is 1. The molecule has 0 aromatic heterocycles. The van der Waals surface area contributed by atoms with Crippen molar-refractivity contribution in [2.24, 2.45) is 5.92 Å². The fourth-order valence-electron chi connectivity index (χ4n) is 1.26. The Morgan fingerprint density at radius 1 is 1.83 bits per heavy atom. The van der Waals surface area contributed by atoms with E-state index >= 15 is 0 Å². The summed E-state index contributed by atoms with van der Waals surface area (Å²) in [7, 11) is 3.09. The monoisotopic (exact) mass is 176 g/mol. The van der Waals surface area contributed by atoms with Crippen LogP contribution < -0.4 is 5.32 Å². The number of rotatable bonds is 2. The van der Waals surface area contributed by atoms with Crippen LogP contribution in [0.4, 0.5) is 9.18 Å². The van der Waals surface area contributed by atoms with Crippen molar-refractivity contribution in [1.29, 1.82) is 0 Å². The lowest BCUT2D eigenvalue weighted by Crippen LogP contribution is -2.56. The zero-order valence-corrected chi connectivity index (χ0v) is 7.21. The molecule has 2 amide bonds. The molecule has 70 valence electrons. The molecule has 0 radical (unpaired) electrons. The minimum atomic E-state index is -0.487. The number of ether oxygens (including phenoxy) is 1. The van der Waals surface area contributed by atoms with Gasteiger partial charge in [0.15, 0.2) is 0 Å². The Morgan fingerprint density at radius 3 is 3.00 bits per heavy atom. The molecule has 0 saturated carbocycles. The lowest BCUT2D eigenvalue weighted by atomic mass is 10.1. The van der Waals surface area contributed by atoms with Crippen LogP contribution in [0.5, 0.6) is 0 Å². The normalized spacial score (nSPS) is 30.2. The zero-order valence-electron chi connectivity index (χ0n) is 7.21. The topological polar surface area (TPSA) is 41.6 Å². The SMILES string of the molecule is COC1NC(=O)N(C)CC1CF. The highest BCUT2D eigenvalue weighted by Gasteiger charge is 2.31. The van der Waals surface area contributed by atoms with Crippen molar-refractivity contribution < 1.29 is 13.9 Å². The molecule has 0 aromatic rings. The van der Waals surface area contributed by atoms with Crippen molar-refractivity contribution in [3.8, 4) is 0 Å². The van der Waals surface area contributed by atoms with Gasteiger partial charge in [0.25, 0.3) is 0 Å². The molecule has 0 aliphatic carbocycles. The summed E-state index contributed by atoms with van der Waals surface area (Å²) in [5, 5.41) is 2.54. The second-order valence-electron chi connectivity index (χ2n) is 2.90. The number of carbonyl (C=O) groups excluding carboxylic acids is 1. The maximum Gasteiger partial charge on any atom is 0.319 e. The number of halogens is 1. The van der Waals surface area contributed by atoms with E-state index in [1.165, 1.54) is 12.0 Å². The van der Waals surface area contributed by atoms with Crippen LogP contribution >= 0.6 is 0 Å². The van der Waals surface area contributed by atoms with Crippen LogP contribution in [0.2, 0.25) is 0 Å². The summed E-state index contributed by atoms with van der Waals surface area (Å²) in [5.74, 6) is -0.266. The molecule has 1 heterocycles. The summed E-state index contributed by atoms with van der Waals surface area (Å²) in [6.07, 6.45) is -0.487.